The van der Waals surface area contributed by atoms with Gasteiger partial charge in [-0.3, -0.25) is 4.79 Å². The van der Waals surface area contributed by atoms with Crippen LogP contribution in [0.3, 0.4) is 0 Å². The summed E-state index contributed by atoms with van der Waals surface area (Å²) in [5.74, 6) is 0.171. The van der Waals surface area contributed by atoms with Crippen molar-refractivity contribution in [3.63, 3.8) is 0 Å². The molecule has 2 heteroatoms. The predicted octanol–water partition coefficient (Wildman–Crippen LogP) is 3.14. The van der Waals surface area contributed by atoms with E-state index in [4.69, 9.17) is 0 Å². The van der Waals surface area contributed by atoms with Gasteiger partial charge in [-0.25, -0.2) is 0 Å². The lowest BCUT2D eigenvalue weighted by Crippen LogP contribution is -2.45. The summed E-state index contributed by atoms with van der Waals surface area (Å²) in [6.45, 7) is 2.05. The van der Waals surface area contributed by atoms with Crippen molar-refractivity contribution >= 4 is 11.5 Å². The third-order valence-electron chi connectivity index (χ3n) is 3.71. The Labute approximate surface area is 107 Å². The normalized spacial score (nSPS) is 25.3. The standard InChI is InChI=1S/C16H15NO/c1-2-16-10-6-7-11-17(16)14(12-15(16)18)13-8-4-3-5-9-13/h3-12H,2H2,1H3/t16-/m0/s1. The molecule has 0 aliphatic carbocycles. The summed E-state index contributed by atoms with van der Waals surface area (Å²) in [4.78, 5) is 14.4. The minimum absolute atomic E-state index is 0.171. The Morgan fingerprint density at radius 1 is 1.17 bits per heavy atom. The van der Waals surface area contributed by atoms with Gasteiger partial charge in [0.2, 0.25) is 0 Å². The fourth-order valence-electron chi connectivity index (χ4n) is 2.67. The first kappa shape index (κ1) is 11.0. The molecule has 0 aromatic heterocycles. The molecule has 18 heavy (non-hydrogen) atoms. The predicted molar refractivity (Wildman–Crippen MR) is 72.6 cm³/mol. The highest BCUT2D eigenvalue weighted by atomic mass is 16.1. The van der Waals surface area contributed by atoms with E-state index in [0.717, 1.165) is 17.7 Å². The molecule has 0 spiro atoms. The van der Waals surface area contributed by atoms with Crippen LogP contribution in [0.4, 0.5) is 0 Å². The topological polar surface area (TPSA) is 20.3 Å². The van der Waals surface area contributed by atoms with Crippen LogP contribution >= 0.6 is 0 Å². The van der Waals surface area contributed by atoms with Gasteiger partial charge in [0.05, 0.1) is 5.70 Å². The molecule has 0 fully saturated rings. The SMILES string of the molecule is CC[C@@]12C=CC=CN1C(c1ccccc1)=CC2=O. The number of carbonyl (C=O) groups is 1. The van der Waals surface area contributed by atoms with Crippen LogP contribution in [0.25, 0.3) is 5.70 Å². The van der Waals surface area contributed by atoms with E-state index in [1.54, 1.807) is 6.08 Å². The summed E-state index contributed by atoms with van der Waals surface area (Å²) in [5.41, 5.74) is 1.57. The Balaban J connectivity index is 2.09. The summed E-state index contributed by atoms with van der Waals surface area (Å²) in [5, 5.41) is 0. The van der Waals surface area contributed by atoms with Crippen molar-refractivity contribution in [2.75, 3.05) is 0 Å². The molecule has 3 rings (SSSR count). The second-order valence-corrected chi connectivity index (χ2v) is 4.61. The van der Waals surface area contributed by atoms with Crippen LogP contribution in [0.2, 0.25) is 0 Å². The maximum atomic E-state index is 12.3. The number of nitrogens with zero attached hydrogens (tertiary/aromatic N) is 1. The third kappa shape index (κ3) is 1.39. The number of benzene rings is 1. The van der Waals surface area contributed by atoms with Crippen LogP contribution in [-0.4, -0.2) is 16.2 Å². The number of ketones is 1. The average molecular weight is 237 g/mol. The molecule has 2 nitrogen and oxygen atoms in total. The Bertz CT molecular complexity index is 568. The van der Waals surface area contributed by atoms with Crippen LogP contribution < -0.4 is 0 Å². The molecule has 0 saturated heterocycles. The third-order valence-corrected chi connectivity index (χ3v) is 3.71. The summed E-state index contributed by atoms with van der Waals surface area (Å²) >= 11 is 0. The number of hydrogen-bond donors (Lipinski definition) is 0. The zero-order chi connectivity index (χ0) is 12.6. The van der Waals surface area contributed by atoms with Gasteiger partial charge in [0, 0.05) is 12.3 Å². The maximum absolute atomic E-state index is 12.3. The van der Waals surface area contributed by atoms with E-state index in [9.17, 15) is 4.79 Å². The first-order chi connectivity index (χ1) is 8.78. The number of allylic oxidation sites excluding steroid dienone is 2. The molecular weight excluding hydrogens is 222 g/mol. The Morgan fingerprint density at radius 3 is 2.67 bits per heavy atom. The zero-order valence-electron chi connectivity index (χ0n) is 10.3. The van der Waals surface area contributed by atoms with E-state index in [1.165, 1.54) is 0 Å². The van der Waals surface area contributed by atoms with Gasteiger partial charge in [-0.15, -0.1) is 0 Å². The maximum Gasteiger partial charge on any atom is 0.187 e. The minimum atomic E-state index is -0.500. The molecule has 90 valence electrons. The van der Waals surface area contributed by atoms with Gasteiger partial charge in [-0.2, -0.15) is 0 Å². The quantitative estimate of drug-likeness (QED) is 0.787. The molecule has 1 atom stereocenters. The summed E-state index contributed by atoms with van der Waals surface area (Å²) < 4.78 is 0. The van der Waals surface area contributed by atoms with Gasteiger partial charge in [0.25, 0.3) is 0 Å². The van der Waals surface area contributed by atoms with Crippen molar-refractivity contribution < 1.29 is 4.79 Å². The molecule has 2 aliphatic rings. The lowest BCUT2D eigenvalue weighted by atomic mass is 9.90. The highest BCUT2D eigenvalue weighted by Gasteiger charge is 2.45. The van der Waals surface area contributed by atoms with Crippen LogP contribution in [0, 0.1) is 0 Å². The van der Waals surface area contributed by atoms with Crippen molar-refractivity contribution in [1.29, 1.82) is 0 Å². The number of fused-ring (bicyclic) bond motifs is 1. The van der Waals surface area contributed by atoms with Crippen molar-refractivity contribution in [3.8, 4) is 0 Å². The van der Waals surface area contributed by atoms with E-state index in [-0.39, 0.29) is 5.78 Å². The molecule has 2 aliphatic heterocycles. The van der Waals surface area contributed by atoms with Gasteiger partial charge in [-0.05, 0) is 18.1 Å². The smallest absolute Gasteiger partial charge is 0.187 e. The van der Waals surface area contributed by atoms with Crippen LogP contribution in [0.1, 0.15) is 18.9 Å². The van der Waals surface area contributed by atoms with Crippen molar-refractivity contribution in [2.24, 2.45) is 0 Å². The van der Waals surface area contributed by atoms with Crippen molar-refractivity contribution in [3.05, 3.63) is 66.4 Å². The van der Waals surface area contributed by atoms with Gasteiger partial charge >= 0.3 is 0 Å². The first-order valence-corrected chi connectivity index (χ1v) is 6.25. The lowest BCUT2D eigenvalue weighted by Gasteiger charge is -2.36. The first-order valence-electron chi connectivity index (χ1n) is 6.25. The van der Waals surface area contributed by atoms with Crippen molar-refractivity contribution in [1.82, 2.24) is 4.90 Å². The van der Waals surface area contributed by atoms with Gasteiger partial charge in [-0.1, -0.05) is 49.4 Å². The van der Waals surface area contributed by atoms with Gasteiger partial charge in [0.15, 0.2) is 5.78 Å². The molecule has 1 aromatic carbocycles. The number of rotatable bonds is 2. The highest BCUT2D eigenvalue weighted by Crippen LogP contribution is 2.40. The Morgan fingerprint density at radius 2 is 1.94 bits per heavy atom. The van der Waals surface area contributed by atoms with Crippen LogP contribution in [0.15, 0.2) is 60.8 Å². The van der Waals surface area contributed by atoms with E-state index in [0.29, 0.717) is 0 Å². The number of hydrogen-bond acceptors (Lipinski definition) is 2. The van der Waals surface area contributed by atoms with E-state index < -0.39 is 5.54 Å². The fourth-order valence-corrected chi connectivity index (χ4v) is 2.67. The summed E-state index contributed by atoms with van der Waals surface area (Å²) in [6, 6.07) is 10.1. The molecule has 2 heterocycles. The van der Waals surface area contributed by atoms with Crippen molar-refractivity contribution in [2.45, 2.75) is 18.9 Å². The largest absolute Gasteiger partial charge is 0.330 e. The molecule has 0 amide bonds. The minimum Gasteiger partial charge on any atom is -0.330 e. The molecular formula is C16H15NO. The van der Waals surface area contributed by atoms with E-state index in [1.807, 2.05) is 54.8 Å². The second-order valence-electron chi connectivity index (χ2n) is 4.61. The highest BCUT2D eigenvalue weighted by molar-refractivity contribution is 6.09. The van der Waals surface area contributed by atoms with E-state index >= 15 is 0 Å². The van der Waals surface area contributed by atoms with Crippen LogP contribution in [-0.2, 0) is 4.79 Å². The molecule has 0 radical (unpaired) electrons. The molecule has 0 saturated carbocycles. The molecule has 0 bridgehead atoms. The average Bonchev–Trinajstić information content (AvgIpc) is 2.74. The summed E-state index contributed by atoms with van der Waals surface area (Å²) in [6.07, 6.45) is 10.5. The lowest BCUT2D eigenvalue weighted by molar-refractivity contribution is -0.120. The molecule has 0 unspecified atom stereocenters. The monoisotopic (exact) mass is 237 g/mol. The Hall–Kier alpha value is -2.09. The molecule has 1 aromatic rings. The van der Waals surface area contributed by atoms with Gasteiger partial charge < -0.3 is 4.90 Å². The zero-order valence-corrected chi connectivity index (χ0v) is 10.3. The Kier molecular flexibility index (Phi) is 2.44. The van der Waals surface area contributed by atoms with E-state index in [2.05, 4.69) is 11.8 Å². The van der Waals surface area contributed by atoms with Crippen LogP contribution in [0.5, 0.6) is 0 Å². The van der Waals surface area contributed by atoms with Gasteiger partial charge in [0.1, 0.15) is 5.54 Å². The second kappa shape index (κ2) is 3.98. The summed E-state index contributed by atoms with van der Waals surface area (Å²) in [7, 11) is 0. The molecule has 0 N–H and O–H groups in total. The fraction of sp³-hybridized carbons (Fsp3) is 0.188. The number of carbonyl (C=O) groups excluding carboxylic acids is 1.